The molecule has 1 N–H and O–H groups in total. The van der Waals surface area contributed by atoms with E-state index in [1.165, 1.54) is 23.2 Å². The van der Waals surface area contributed by atoms with Gasteiger partial charge in [-0.3, -0.25) is 14.5 Å². The fraction of sp³-hybridized carbons (Fsp3) is 0.200. The molecule has 7 nitrogen and oxygen atoms in total. The van der Waals surface area contributed by atoms with Crippen molar-refractivity contribution in [3.05, 3.63) is 59.1 Å². The predicted molar refractivity (Wildman–Crippen MR) is 106 cm³/mol. The van der Waals surface area contributed by atoms with Gasteiger partial charge in [0.1, 0.15) is 6.10 Å². The van der Waals surface area contributed by atoms with Crippen molar-refractivity contribution in [1.82, 2.24) is 10.3 Å². The second-order valence-electron chi connectivity index (χ2n) is 6.42. The van der Waals surface area contributed by atoms with Gasteiger partial charge in [0.25, 0.3) is 0 Å². The van der Waals surface area contributed by atoms with E-state index < -0.39 is 12.2 Å². The molecule has 2 amide bonds. The molecule has 0 saturated carbocycles. The van der Waals surface area contributed by atoms with Gasteiger partial charge in [-0.15, -0.1) is 11.3 Å². The highest BCUT2D eigenvalue weighted by Crippen LogP contribution is 2.26. The van der Waals surface area contributed by atoms with E-state index in [0.29, 0.717) is 22.8 Å². The number of cyclic esters (lactones) is 1. The average molecular weight is 395 g/mol. The molecule has 0 bridgehead atoms. The van der Waals surface area contributed by atoms with Crippen LogP contribution in [0.2, 0.25) is 0 Å². The molecule has 1 aromatic heterocycles. The number of nitrogens with one attached hydrogen (secondary N) is 1. The molecule has 3 aromatic rings. The summed E-state index contributed by atoms with van der Waals surface area (Å²) >= 11 is 1.36. The highest BCUT2D eigenvalue weighted by Gasteiger charge is 2.32. The number of aromatic nitrogens is 1. The molecule has 0 aliphatic carbocycles. The summed E-state index contributed by atoms with van der Waals surface area (Å²) < 4.78 is 6.22. The van der Waals surface area contributed by atoms with E-state index in [0.717, 1.165) is 10.2 Å². The minimum absolute atomic E-state index is 0.153. The Labute approximate surface area is 164 Å². The van der Waals surface area contributed by atoms with Crippen LogP contribution in [0.3, 0.4) is 0 Å². The van der Waals surface area contributed by atoms with E-state index in [1.807, 2.05) is 24.3 Å². The Hall–Kier alpha value is -3.26. The summed E-state index contributed by atoms with van der Waals surface area (Å²) in [5, 5.41) is 3.08. The maximum Gasteiger partial charge on any atom is 0.414 e. The summed E-state index contributed by atoms with van der Waals surface area (Å²) in [6.45, 7) is 2.02. The van der Waals surface area contributed by atoms with Crippen LogP contribution in [0.15, 0.2) is 48.5 Å². The number of hydrogen-bond acceptors (Lipinski definition) is 6. The van der Waals surface area contributed by atoms with Crippen LogP contribution < -0.4 is 10.2 Å². The molecule has 8 heteroatoms. The third-order valence-corrected chi connectivity index (χ3v) is 5.42. The Bertz CT molecular complexity index is 1030. The number of amides is 2. The molecular weight excluding hydrogens is 378 g/mol. The average Bonchev–Trinajstić information content (AvgIpc) is 3.29. The van der Waals surface area contributed by atoms with Gasteiger partial charge in [0.15, 0.2) is 5.01 Å². The lowest BCUT2D eigenvalue weighted by atomic mass is 10.1. The van der Waals surface area contributed by atoms with Crippen LogP contribution in [0.5, 0.6) is 0 Å². The summed E-state index contributed by atoms with van der Waals surface area (Å²) in [6.07, 6.45) is -0.874. The third-order valence-electron chi connectivity index (χ3n) is 4.38. The van der Waals surface area contributed by atoms with Gasteiger partial charge in [-0.1, -0.05) is 12.1 Å². The van der Waals surface area contributed by atoms with E-state index in [1.54, 1.807) is 24.3 Å². The van der Waals surface area contributed by atoms with Gasteiger partial charge in [0.05, 0.1) is 23.3 Å². The molecule has 0 radical (unpaired) electrons. The first-order valence-corrected chi connectivity index (χ1v) is 9.56. The van der Waals surface area contributed by atoms with Gasteiger partial charge in [-0.05, 0) is 36.4 Å². The Morgan fingerprint density at radius 3 is 2.68 bits per heavy atom. The van der Waals surface area contributed by atoms with Crippen LogP contribution in [0.1, 0.15) is 22.3 Å². The smallest absolute Gasteiger partial charge is 0.414 e. The van der Waals surface area contributed by atoms with Crippen LogP contribution in [-0.2, 0) is 9.53 Å². The number of ether oxygens (including phenoxy) is 1. The molecule has 1 fully saturated rings. The molecule has 28 heavy (non-hydrogen) atoms. The van der Waals surface area contributed by atoms with Gasteiger partial charge >= 0.3 is 6.09 Å². The number of nitrogens with zero attached hydrogens (tertiary/aromatic N) is 2. The highest BCUT2D eigenvalue weighted by atomic mass is 32.1. The second-order valence-corrected chi connectivity index (χ2v) is 7.45. The van der Waals surface area contributed by atoms with Crippen molar-refractivity contribution in [3.8, 4) is 0 Å². The zero-order chi connectivity index (χ0) is 19.7. The summed E-state index contributed by atoms with van der Waals surface area (Å²) in [5.41, 5.74) is 1.94. The van der Waals surface area contributed by atoms with Crippen molar-refractivity contribution >= 4 is 45.0 Å². The number of carbonyl (C=O) groups excluding carboxylic acids is 3. The van der Waals surface area contributed by atoms with Gasteiger partial charge in [0.2, 0.25) is 11.7 Å². The van der Waals surface area contributed by atoms with Gasteiger partial charge < -0.3 is 10.1 Å². The summed E-state index contributed by atoms with van der Waals surface area (Å²) in [6, 6.07) is 14.4. The first-order valence-electron chi connectivity index (χ1n) is 8.74. The molecule has 0 unspecified atom stereocenters. The number of para-hydroxylation sites is 1. The number of thiazole rings is 1. The van der Waals surface area contributed by atoms with Crippen LogP contribution in [0.25, 0.3) is 10.2 Å². The third kappa shape index (κ3) is 3.59. The molecule has 2 aromatic carbocycles. The lowest BCUT2D eigenvalue weighted by Crippen LogP contribution is -2.33. The first-order chi connectivity index (χ1) is 13.5. The topological polar surface area (TPSA) is 88.6 Å². The van der Waals surface area contributed by atoms with E-state index in [2.05, 4.69) is 10.3 Å². The maximum atomic E-state index is 12.7. The molecular formula is C20H17N3O4S. The molecule has 142 valence electrons. The number of anilines is 1. The first kappa shape index (κ1) is 18.1. The largest absolute Gasteiger partial charge is 0.442 e. The molecule has 1 aliphatic rings. The monoisotopic (exact) mass is 395 g/mol. The summed E-state index contributed by atoms with van der Waals surface area (Å²) in [5.74, 6) is -0.326. The fourth-order valence-electron chi connectivity index (χ4n) is 2.98. The standard InChI is InChI=1S/C20H17N3O4S/c1-12(24)21-10-15-11-23(20(26)27-15)14-8-6-13(7-9-14)18(25)19-22-16-4-2-3-5-17(16)28-19/h2-9,15H,10-11H2,1H3,(H,21,24)/t15-/m0/s1. The van der Waals surface area contributed by atoms with Crippen molar-refractivity contribution in [1.29, 1.82) is 0 Å². The summed E-state index contributed by atoms with van der Waals surface area (Å²) in [7, 11) is 0. The number of ketones is 1. The number of carbonyl (C=O) groups is 3. The van der Waals surface area contributed by atoms with Crippen molar-refractivity contribution < 1.29 is 19.1 Å². The second kappa shape index (κ2) is 7.40. The minimum atomic E-state index is -0.472. The minimum Gasteiger partial charge on any atom is -0.442 e. The molecule has 1 saturated heterocycles. The lowest BCUT2D eigenvalue weighted by molar-refractivity contribution is -0.119. The van der Waals surface area contributed by atoms with Crippen LogP contribution in [0, 0.1) is 0 Å². The molecule has 1 atom stereocenters. The van der Waals surface area contributed by atoms with E-state index in [4.69, 9.17) is 4.74 Å². The fourth-order valence-corrected chi connectivity index (χ4v) is 3.91. The zero-order valence-electron chi connectivity index (χ0n) is 15.0. The van der Waals surface area contributed by atoms with E-state index in [9.17, 15) is 14.4 Å². The summed E-state index contributed by atoms with van der Waals surface area (Å²) in [4.78, 5) is 41.7. The quantitative estimate of drug-likeness (QED) is 0.671. The van der Waals surface area contributed by atoms with Crippen molar-refractivity contribution in [2.45, 2.75) is 13.0 Å². The Morgan fingerprint density at radius 1 is 1.21 bits per heavy atom. The van der Waals surface area contributed by atoms with Crippen molar-refractivity contribution in [2.24, 2.45) is 0 Å². The molecule has 4 rings (SSSR count). The SMILES string of the molecule is CC(=O)NC[C@H]1CN(c2ccc(C(=O)c3nc4ccccc4s3)cc2)C(=O)O1. The van der Waals surface area contributed by atoms with Crippen LogP contribution >= 0.6 is 11.3 Å². The Kier molecular flexibility index (Phi) is 4.79. The Balaban J connectivity index is 1.48. The zero-order valence-corrected chi connectivity index (χ0v) is 15.9. The number of rotatable bonds is 5. The van der Waals surface area contributed by atoms with Crippen molar-refractivity contribution in [2.75, 3.05) is 18.0 Å². The van der Waals surface area contributed by atoms with E-state index in [-0.39, 0.29) is 18.2 Å². The molecule has 1 aliphatic heterocycles. The van der Waals surface area contributed by atoms with Gasteiger partial charge in [0, 0.05) is 18.2 Å². The van der Waals surface area contributed by atoms with Gasteiger partial charge in [-0.2, -0.15) is 0 Å². The molecule has 0 spiro atoms. The normalized spacial score (nSPS) is 16.2. The van der Waals surface area contributed by atoms with Gasteiger partial charge in [-0.25, -0.2) is 9.78 Å². The van der Waals surface area contributed by atoms with E-state index >= 15 is 0 Å². The van der Waals surface area contributed by atoms with Crippen molar-refractivity contribution in [3.63, 3.8) is 0 Å². The predicted octanol–water partition coefficient (Wildman–Crippen LogP) is 2.99. The van der Waals surface area contributed by atoms with Crippen LogP contribution in [0.4, 0.5) is 10.5 Å². The number of hydrogen-bond donors (Lipinski definition) is 1. The lowest BCUT2D eigenvalue weighted by Gasteiger charge is -2.13. The van der Waals surface area contributed by atoms with Crippen LogP contribution in [-0.4, -0.2) is 42.0 Å². The Morgan fingerprint density at radius 2 is 1.96 bits per heavy atom. The number of benzene rings is 2. The maximum absolute atomic E-state index is 12.7. The molecule has 2 heterocycles. The highest BCUT2D eigenvalue weighted by molar-refractivity contribution is 7.20. The number of fused-ring (bicyclic) bond motifs is 1.